The van der Waals surface area contributed by atoms with Gasteiger partial charge < -0.3 is 5.32 Å². The Morgan fingerprint density at radius 1 is 1.11 bits per heavy atom. The van der Waals surface area contributed by atoms with Crippen LogP contribution in [0.2, 0.25) is 0 Å². The van der Waals surface area contributed by atoms with Crippen molar-refractivity contribution in [2.75, 3.05) is 5.75 Å². The second kappa shape index (κ2) is 5.62. The Morgan fingerprint density at radius 3 is 2.78 bits per heavy atom. The molecule has 0 amide bonds. The smallest absolute Gasteiger partial charge is 0.137 e. The maximum absolute atomic E-state index is 13.8. The molecule has 1 aliphatic heterocycles. The summed E-state index contributed by atoms with van der Waals surface area (Å²) in [5.74, 6) is 0.978. The van der Waals surface area contributed by atoms with E-state index in [9.17, 15) is 4.39 Å². The highest BCUT2D eigenvalue weighted by atomic mass is 32.2. The van der Waals surface area contributed by atoms with Gasteiger partial charge in [0, 0.05) is 17.0 Å². The van der Waals surface area contributed by atoms with E-state index < -0.39 is 0 Å². The monoisotopic (exact) mass is 265 g/mol. The van der Waals surface area contributed by atoms with E-state index in [1.54, 1.807) is 17.8 Å². The first-order chi connectivity index (χ1) is 8.84. The van der Waals surface area contributed by atoms with Gasteiger partial charge >= 0.3 is 0 Å². The third-order valence-electron chi connectivity index (χ3n) is 4.07. The van der Waals surface area contributed by atoms with Gasteiger partial charge in [0.2, 0.25) is 0 Å². The van der Waals surface area contributed by atoms with E-state index >= 15 is 0 Å². The molecule has 98 valence electrons. The molecular weight excluding hydrogens is 245 g/mol. The van der Waals surface area contributed by atoms with Crippen molar-refractivity contribution in [1.82, 2.24) is 5.32 Å². The average molecular weight is 265 g/mol. The van der Waals surface area contributed by atoms with E-state index in [1.807, 2.05) is 6.07 Å². The van der Waals surface area contributed by atoms with Crippen molar-refractivity contribution in [3.63, 3.8) is 0 Å². The van der Waals surface area contributed by atoms with Crippen molar-refractivity contribution in [3.8, 4) is 0 Å². The molecule has 1 N–H and O–H groups in total. The van der Waals surface area contributed by atoms with Gasteiger partial charge in [0.15, 0.2) is 0 Å². The van der Waals surface area contributed by atoms with Gasteiger partial charge in [-0.2, -0.15) is 0 Å². The summed E-state index contributed by atoms with van der Waals surface area (Å²) in [6.07, 6.45) is 7.76. The number of nitrogens with one attached hydrogen (secondary N) is 1. The van der Waals surface area contributed by atoms with Crippen molar-refractivity contribution >= 4 is 11.8 Å². The molecular formula is C15H20FNS. The Labute approximate surface area is 113 Å². The maximum Gasteiger partial charge on any atom is 0.137 e. The molecule has 2 aliphatic rings. The van der Waals surface area contributed by atoms with Crippen molar-refractivity contribution in [1.29, 1.82) is 0 Å². The van der Waals surface area contributed by atoms with Crippen LogP contribution in [0.1, 0.15) is 50.1 Å². The highest BCUT2D eigenvalue weighted by molar-refractivity contribution is 7.99. The molecule has 0 saturated heterocycles. The highest BCUT2D eigenvalue weighted by Gasteiger charge is 2.25. The largest absolute Gasteiger partial charge is 0.307 e. The van der Waals surface area contributed by atoms with Gasteiger partial charge in [-0.15, -0.1) is 11.8 Å². The van der Waals surface area contributed by atoms with E-state index in [0.29, 0.717) is 12.1 Å². The van der Waals surface area contributed by atoms with Gasteiger partial charge in [-0.3, -0.25) is 0 Å². The molecule has 0 radical (unpaired) electrons. The lowest BCUT2D eigenvalue weighted by Crippen LogP contribution is -2.35. The second-order valence-electron chi connectivity index (χ2n) is 5.35. The van der Waals surface area contributed by atoms with Crippen LogP contribution >= 0.6 is 11.8 Å². The zero-order valence-corrected chi connectivity index (χ0v) is 11.4. The quantitative estimate of drug-likeness (QED) is 0.856. The number of rotatable bonds is 2. The summed E-state index contributed by atoms with van der Waals surface area (Å²) in [6, 6.07) is 6.51. The average Bonchev–Trinajstić information content (AvgIpc) is 2.41. The summed E-state index contributed by atoms with van der Waals surface area (Å²) in [7, 11) is 0. The number of hydrogen-bond donors (Lipinski definition) is 1. The molecule has 1 atom stereocenters. The Balaban J connectivity index is 1.76. The molecule has 0 aromatic heterocycles. The van der Waals surface area contributed by atoms with Crippen LogP contribution < -0.4 is 5.32 Å². The van der Waals surface area contributed by atoms with E-state index in [1.165, 1.54) is 37.7 Å². The SMILES string of the molecule is Fc1cccc2c1SCCC2NC1CCCCC1. The predicted molar refractivity (Wildman–Crippen MR) is 74.5 cm³/mol. The zero-order valence-electron chi connectivity index (χ0n) is 10.6. The van der Waals surface area contributed by atoms with Gasteiger partial charge in [-0.05, 0) is 36.6 Å². The molecule has 0 bridgehead atoms. The summed E-state index contributed by atoms with van der Waals surface area (Å²) < 4.78 is 13.8. The Bertz CT molecular complexity index is 415. The molecule has 1 heterocycles. The minimum atomic E-state index is -0.0485. The lowest BCUT2D eigenvalue weighted by Gasteiger charge is -2.32. The number of halogens is 1. The molecule has 1 aromatic carbocycles. The number of hydrogen-bond acceptors (Lipinski definition) is 2. The molecule has 1 aliphatic carbocycles. The first kappa shape index (κ1) is 12.5. The third-order valence-corrected chi connectivity index (χ3v) is 5.23. The Kier molecular flexibility index (Phi) is 3.90. The third kappa shape index (κ3) is 2.57. The molecule has 0 spiro atoms. The summed E-state index contributed by atoms with van der Waals surface area (Å²) in [5.41, 5.74) is 1.18. The first-order valence-electron chi connectivity index (χ1n) is 7.02. The van der Waals surface area contributed by atoms with Crippen LogP contribution in [0.4, 0.5) is 4.39 Å². The molecule has 1 fully saturated rings. The van der Waals surface area contributed by atoms with Crippen molar-refractivity contribution in [3.05, 3.63) is 29.6 Å². The minimum Gasteiger partial charge on any atom is -0.307 e. The van der Waals surface area contributed by atoms with Gasteiger partial charge in [-0.25, -0.2) is 4.39 Å². The number of benzene rings is 1. The topological polar surface area (TPSA) is 12.0 Å². The summed E-state index contributed by atoms with van der Waals surface area (Å²) in [6.45, 7) is 0. The Hall–Kier alpha value is -0.540. The predicted octanol–water partition coefficient (Wildman–Crippen LogP) is 4.28. The highest BCUT2D eigenvalue weighted by Crippen LogP contribution is 2.38. The van der Waals surface area contributed by atoms with Crippen LogP contribution in [0.15, 0.2) is 23.1 Å². The van der Waals surface area contributed by atoms with Gasteiger partial charge in [-0.1, -0.05) is 31.4 Å². The van der Waals surface area contributed by atoms with Crippen molar-refractivity contribution < 1.29 is 4.39 Å². The molecule has 1 saturated carbocycles. The molecule has 1 unspecified atom stereocenters. The fourth-order valence-electron chi connectivity index (χ4n) is 3.11. The number of thioether (sulfide) groups is 1. The fourth-order valence-corrected chi connectivity index (χ4v) is 4.25. The van der Waals surface area contributed by atoms with E-state index in [0.717, 1.165) is 17.1 Å². The van der Waals surface area contributed by atoms with E-state index in [2.05, 4.69) is 11.4 Å². The van der Waals surface area contributed by atoms with Crippen LogP contribution in [-0.2, 0) is 0 Å². The summed E-state index contributed by atoms with van der Waals surface area (Å²) in [5, 5.41) is 3.76. The second-order valence-corrected chi connectivity index (χ2v) is 6.45. The fraction of sp³-hybridized carbons (Fsp3) is 0.600. The van der Waals surface area contributed by atoms with E-state index in [4.69, 9.17) is 0 Å². The maximum atomic E-state index is 13.8. The zero-order chi connectivity index (χ0) is 12.4. The van der Waals surface area contributed by atoms with E-state index in [-0.39, 0.29) is 5.82 Å². The normalized spacial score (nSPS) is 24.8. The van der Waals surface area contributed by atoms with Crippen molar-refractivity contribution in [2.45, 2.75) is 55.5 Å². The standard InChI is InChI=1S/C15H20FNS/c16-13-8-4-7-12-14(9-10-18-15(12)13)17-11-5-2-1-3-6-11/h4,7-8,11,14,17H,1-3,5-6,9-10H2. The van der Waals surface area contributed by atoms with Crippen LogP contribution in [0.3, 0.4) is 0 Å². The van der Waals surface area contributed by atoms with Crippen LogP contribution in [0.5, 0.6) is 0 Å². The molecule has 18 heavy (non-hydrogen) atoms. The molecule has 3 heteroatoms. The summed E-state index contributed by atoms with van der Waals surface area (Å²) >= 11 is 1.67. The van der Waals surface area contributed by atoms with Crippen LogP contribution in [0.25, 0.3) is 0 Å². The van der Waals surface area contributed by atoms with Crippen molar-refractivity contribution in [2.24, 2.45) is 0 Å². The molecule has 3 rings (SSSR count). The lowest BCUT2D eigenvalue weighted by atomic mass is 9.93. The van der Waals surface area contributed by atoms with Crippen LogP contribution in [0, 0.1) is 5.82 Å². The lowest BCUT2D eigenvalue weighted by molar-refractivity contribution is 0.331. The summed E-state index contributed by atoms with van der Waals surface area (Å²) in [4.78, 5) is 0.872. The minimum absolute atomic E-state index is 0.0485. The molecule has 1 nitrogen and oxygen atoms in total. The molecule has 1 aromatic rings. The first-order valence-corrected chi connectivity index (χ1v) is 8.00. The Morgan fingerprint density at radius 2 is 1.94 bits per heavy atom. The van der Waals surface area contributed by atoms with Crippen LogP contribution in [-0.4, -0.2) is 11.8 Å². The van der Waals surface area contributed by atoms with Gasteiger partial charge in [0.05, 0.1) is 0 Å². The van der Waals surface area contributed by atoms with Gasteiger partial charge in [0.25, 0.3) is 0 Å². The van der Waals surface area contributed by atoms with Gasteiger partial charge in [0.1, 0.15) is 5.82 Å². The number of fused-ring (bicyclic) bond motifs is 1.